The Kier molecular flexibility index (Phi) is 4.79. The van der Waals surface area contributed by atoms with E-state index in [1.807, 2.05) is 24.3 Å². The van der Waals surface area contributed by atoms with Crippen LogP contribution in [0.5, 0.6) is 0 Å². The van der Waals surface area contributed by atoms with Crippen molar-refractivity contribution in [2.24, 2.45) is 0 Å². The summed E-state index contributed by atoms with van der Waals surface area (Å²) in [5.74, 6) is 0.214. The summed E-state index contributed by atoms with van der Waals surface area (Å²) in [6.45, 7) is 3.56. The second-order valence-corrected chi connectivity index (χ2v) is 5.59. The lowest BCUT2D eigenvalue weighted by molar-refractivity contribution is -0.116. The standard InChI is InChI=1S/C19H19N3O3/c1-3-17(23)20-13-9-12(10-14(11-13)21-18(24)4-2)19-22-15-7-5-6-8-16(15)25-19/h5-11H,3-4H2,1-2H3,(H,20,23)(H,21,24). The average molecular weight is 337 g/mol. The van der Waals surface area contributed by atoms with Crippen LogP contribution in [0.1, 0.15) is 26.7 Å². The molecule has 0 bridgehead atoms. The Labute approximate surface area is 145 Å². The highest BCUT2D eigenvalue weighted by atomic mass is 16.3. The average Bonchev–Trinajstić information content (AvgIpc) is 3.05. The molecule has 2 N–H and O–H groups in total. The number of benzene rings is 2. The van der Waals surface area contributed by atoms with Crippen molar-refractivity contribution >= 4 is 34.3 Å². The van der Waals surface area contributed by atoms with Crippen LogP contribution in [-0.4, -0.2) is 16.8 Å². The first kappa shape index (κ1) is 16.7. The molecule has 0 aliphatic heterocycles. The molecule has 0 fully saturated rings. The molecule has 25 heavy (non-hydrogen) atoms. The van der Waals surface area contributed by atoms with Crippen LogP contribution < -0.4 is 10.6 Å². The molecule has 0 spiro atoms. The first-order valence-electron chi connectivity index (χ1n) is 8.19. The zero-order valence-corrected chi connectivity index (χ0v) is 14.1. The van der Waals surface area contributed by atoms with Crippen LogP contribution in [0.15, 0.2) is 46.9 Å². The number of carbonyl (C=O) groups is 2. The summed E-state index contributed by atoms with van der Waals surface area (Å²) in [4.78, 5) is 27.9. The molecule has 1 aromatic heterocycles. The van der Waals surface area contributed by atoms with E-state index >= 15 is 0 Å². The van der Waals surface area contributed by atoms with Crippen molar-refractivity contribution in [3.05, 3.63) is 42.5 Å². The highest BCUT2D eigenvalue weighted by Crippen LogP contribution is 2.29. The van der Waals surface area contributed by atoms with E-state index < -0.39 is 0 Å². The number of rotatable bonds is 5. The number of nitrogens with zero attached hydrogens (tertiary/aromatic N) is 1. The van der Waals surface area contributed by atoms with Crippen LogP contribution in [0.2, 0.25) is 0 Å². The molecule has 128 valence electrons. The fourth-order valence-electron chi connectivity index (χ4n) is 2.39. The van der Waals surface area contributed by atoms with Crippen LogP contribution in [0.25, 0.3) is 22.6 Å². The van der Waals surface area contributed by atoms with Gasteiger partial charge in [0.15, 0.2) is 5.58 Å². The highest BCUT2D eigenvalue weighted by molar-refractivity contribution is 5.95. The monoisotopic (exact) mass is 337 g/mol. The Balaban J connectivity index is 2.03. The molecular weight excluding hydrogens is 318 g/mol. The molecule has 3 rings (SSSR count). The molecule has 1 heterocycles. The minimum atomic E-state index is -0.109. The Bertz CT molecular complexity index is 861. The summed E-state index contributed by atoms with van der Waals surface area (Å²) >= 11 is 0. The van der Waals surface area contributed by atoms with Gasteiger partial charge in [0.2, 0.25) is 17.7 Å². The predicted molar refractivity (Wildman–Crippen MR) is 97.3 cm³/mol. The first-order valence-corrected chi connectivity index (χ1v) is 8.19. The molecule has 0 saturated heterocycles. The summed E-state index contributed by atoms with van der Waals surface area (Å²) in [5.41, 5.74) is 3.27. The van der Waals surface area contributed by atoms with Gasteiger partial charge in [0.25, 0.3) is 0 Å². The second-order valence-electron chi connectivity index (χ2n) is 5.59. The number of hydrogen-bond donors (Lipinski definition) is 2. The number of carbonyl (C=O) groups excluding carboxylic acids is 2. The predicted octanol–water partition coefficient (Wildman–Crippen LogP) is 4.19. The molecule has 0 saturated carbocycles. The Morgan fingerprint density at radius 3 is 2.12 bits per heavy atom. The van der Waals surface area contributed by atoms with Crippen LogP contribution in [0.3, 0.4) is 0 Å². The van der Waals surface area contributed by atoms with Gasteiger partial charge in [-0.1, -0.05) is 26.0 Å². The number of para-hydroxylation sites is 2. The Hall–Kier alpha value is -3.15. The molecular formula is C19H19N3O3. The van der Waals surface area contributed by atoms with Crippen molar-refractivity contribution in [1.29, 1.82) is 0 Å². The van der Waals surface area contributed by atoms with Crippen molar-refractivity contribution in [1.82, 2.24) is 4.98 Å². The fraction of sp³-hybridized carbons (Fsp3) is 0.211. The fourth-order valence-corrected chi connectivity index (χ4v) is 2.39. The van der Waals surface area contributed by atoms with E-state index in [2.05, 4.69) is 15.6 Å². The lowest BCUT2D eigenvalue weighted by Crippen LogP contribution is -2.12. The summed E-state index contributed by atoms with van der Waals surface area (Å²) in [5, 5.41) is 5.61. The van der Waals surface area contributed by atoms with E-state index in [1.165, 1.54) is 0 Å². The summed E-state index contributed by atoms with van der Waals surface area (Å²) < 4.78 is 5.79. The molecule has 3 aromatic rings. The largest absolute Gasteiger partial charge is 0.436 e. The number of nitrogens with one attached hydrogen (secondary N) is 2. The van der Waals surface area contributed by atoms with E-state index in [0.29, 0.717) is 41.3 Å². The van der Waals surface area contributed by atoms with Gasteiger partial charge in [-0.3, -0.25) is 9.59 Å². The number of anilines is 2. The normalized spacial score (nSPS) is 10.6. The van der Waals surface area contributed by atoms with Gasteiger partial charge < -0.3 is 15.1 Å². The van der Waals surface area contributed by atoms with Crippen molar-refractivity contribution in [3.63, 3.8) is 0 Å². The van der Waals surface area contributed by atoms with E-state index in [1.54, 1.807) is 32.0 Å². The lowest BCUT2D eigenvalue weighted by Gasteiger charge is -2.10. The Morgan fingerprint density at radius 1 is 0.960 bits per heavy atom. The highest BCUT2D eigenvalue weighted by Gasteiger charge is 2.12. The molecule has 0 aliphatic carbocycles. The van der Waals surface area contributed by atoms with Crippen LogP contribution in [0, 0.1) is 0 Å². The molecule has 2 aromatic carbocycles. The molecule has 0 unspecified atom stereocenters. The summed E-state index contributed by atoms with van der Waals surface area (Å²) in [6.07, 6.45) is 0.730. The number of fused-ring (bicyclic) bond motifs is 1. The van der Waals surface area contributed by atoms with Gasteiger partial charge in [-0.25, -0.2) is 4.98 Å². The molecule has 6 nitrogen and oxygen atoms in total. The maximum atomic E-state index is 11.7. The van der Waals surface area contributed by atoms with E-state index in [0.717, 1.165) is 5.52 Å². The van der Waals surface area contributed by atoms with Gasteiger partial charge in [-0.15, -0.1) is 0 Å². The van der Waals surface area contributed by atoms with Gasteiger partial charge in [-0.2, -0.15) is 0 Å². The minimum absolute atomic E-state index is 0.109. The summed E-state index contributed by atoms with van der Waals surface area (Å²) in [6, 6.07) is 12.7. The van der Waals surface area contributed by atoms with Crippen molar-refractivity contribution in [2.45, 2.75) is 26.7 Å². The van der Waals surface area contributed by atoms with Gasteiger partial charge in [0.1, 0.15) is 5.52 Å². The van der Waals surface area contributed by atoms with E-state index in [9.17, 15) is 9.59 Å². The van der Waals surface area contributed by atoms with E-state index in [4.69, 9.17) is 4.42 Å². The maximum Gasteiger partial charge on any atom is 0.227 e. The van der Waals surface area contributed by atoms with Crippen molar-refractivity contribution in [3.8, 4) is 11.5 Å². The number of aromatic nitrogens is 1. The van der Waals surface area contributed by atoms with Crippen LogP contribution in [0.4, 0.5) is 11.4 Å². The topological polar surface area (TPSA) is 84.2 Å². The zero-order chi connectivity index (χ0) is 17.8. The third-order valence-corrected chi connectivity index (χ3v) is 3.68. The minimum Gasteiger partial charge on any atom is -0.436 e. The van der Waals surface area contributed by atoms with Crippen LogP contribution >= 0.6 is 0 Å². The quantitative estimate of drug-likeness (QED) is 0.731. The zero-order valence-electron chi connectivity index (χ0n) is 14.1. The third kappa shape index (κ3) is 3.85. The van der Waals surface area contributed by atoms with Crippen molar-refractivity contribution < 1.29 is 14.0 Å². The molecule has 0 radical (unpaired) electrons. The SMILES string of the molecule is CCC(=O)Nc1cc(NC(=O)CC)cc(-c2nc3ccccc3o2)c1. The molecule has 6 heteroatoms. The second kappa shape index (κ2) is 7.17. The van der Waals surface area contributed by atoms with Crippen molar-refractivity contribution in [2.75, 3.05) is 10.6 Å². The molecule has 0 aliphatic rings. The first-order chi connectivity index (χ1) is 12.1. The summed E-state index contributed by atoms with van der Waals surface area (Å²) in [7, 11) is 0. The lowest BCUT2D eigenvalue weighted by atomic mass is 10.1. The van der Waals surface area contributed by atoms with Gasteiger partial charge >= 0.3 is 0 Å². The molecule has 0 atom stereocenters. The third-order valence-electron chi connectivity index (χ3n) is 3.68. The molecule has 2 amide bonds. The van der Waals surface area contributed by atoms with Gasteiger partial charge in [0.05, 0.1) is 0 Å². The van der Waals surface area contributed by atoms with Crippen LogP contribution in [-0.2, 0) is 9.59 Å². The van der Waals surface area contributed by atoms with Gasteiger partial charge in [0, 0.05) is 29.8 Å². The number of amides is 2. The number of hydrogen-bond acceptors (Lipinski definition) is 4. The number of oxazole rings is 1. The van der Waals surface area contributed by atoms with Gasteiger partial charge in [-0.05, 0) is 30.3 Å². The van der Waals surface area contributed by atoms with E-state index in [-0.39, 0.29) is 11.8 Å². The maximum absolute atomic E-state index is 11.7. The smallest absolute Gasteiger partial charge is 0.227 e. The Morgan fingerprint density at radius 2 is 1.56 bits per heavy atom.